The van der Waals surface area contributed by atoms with Crippen LogP contribution in [-0.2, 0) is 4.74 Å². The molecule has 1 atom stereocenters. The van der Waals surface area contributed by atoms with Gasteiger partial charge in [-0.15, -0.1) is 0 Å². The van der Waals surface area contributed by atoms with Crippen molar-refractivity contribution in [3.05, 3.63) is 53.6 Å². The van der Waals surface area contributed by atoms with Crippen molar-refractivity contribution in [3.8, 4) is 5.75 Å². The lowest BCUT2D eigenvalue weighted by Crippen LogP contribution is -2.46. The largest absolute Gasteiger partial charge is 0.491 e. The van der Waals surface area contributed by atoms with E-state index >= 15 is 0 Å². The van der Waals surface area contributed by atoms with E-state index in [4.69, 9.17) is 9.47 Å². The van der Waals surface area contributed by atoms with Gasteiger partial charge in [0.05, 0.1) is 6.10 Å². The van der Waals surface area contributed by atoms with Crippen LogP contribution in [0, 0.1) is 6.92 Å². The normalized spacial score (nSPS) is 19.4. The fourth-order valence-corrected chi connectivity index (χ4v) is 4.17. The summed E-state index contributed by atoms with van der Waals surface area (Å²) < 4.78 is 11.4. The van der Waals surface area contributed by atoms with Crippen molar-refractivity contribution in [1.29, 1.82) is 0 Å². The highest BCUT2D eigenvalue weighted by Gasteiger charge is 2.18. The van der Waals surface area contributed by atoms with Crippen LogP contribution >= 0.6 is 0 Å². The van der Waals surface area contributed by atoms with Gasteiger partial charge < -0.3 is 24.6 Å². The molecule has 4 rings (SSSR count). The number of nitrogens with one attached hydrogen (secondary N) is 1. The first-order chi connectivity index (χ1) is 15.1. The maximum Gasteiger partial charge on any atom is 0.255 e. The summed E-state index contributed by atoms with van der Waals surface area (Å²) >= 11 is 0. The van der Waals surface area contributed by atoms with Crippen LogP contribution in [0.3, 0.4) is 0 Å². The first-order valence-electron chi connectivity index (χ1n) is 11.4. The Labute approximate surface area is 185 Å². The molecule has 166 valence electrons. The first kappa shape index (κ1) is 21.7. The molecular formula is C25H33N3O3. The summed E-state index contributed by atoms with van der Waals surface area (Å²) in [6, 6.07) is 13.6. The van der Waals surface area contributed by atoms with E-state index in [1.165, 1.54) is 5.69 Å². The predicted octanol–water partition coefficient (Wildman–Crippen LogP) is 3.95. The summed E-state index contributed by atoms with van der Waals surface area (Å²) in [5.41, 5.74) is 3.75. The van der Waals surface area contributed by atoms with Crippen molar-refractivity contribution < 1.29 is 14.3 Å². The number of piperazine rings is 1. The number of aryl methyl sites for hydroxylation is 1. The van der Waals surface area contributed by atoms with Gasteiger partial charge in [-0.3, -0.25) is 4.79 Å². The minimum Gasteiger partial charge on any atom is -0.491 e. The van der Waals surface area contributed by atoms with Crippen molar-refractivity contribution in [2.75, 3.05) is 56.2 Å². The van der Waals surface area contributed by atoms with Gasteiger partial charge in [0.15, 0.2) is 0 Å². The molecule has 2 fully saturated rings. The van der Waals surface area contributed by atoms with Crippen molar-refractivity contribution >= 4 is 17.3 Å². The number of hydrogen-bond donors (Lipinski definition) is 1. The number of likely N-dealkylation sites (N-methyl/N-ethyl adjacent to an activating group) is 1. The number of carbonyl (C=O) groups is 1. The second-order valence-corrected chi connectivity index (χ2v) is 8.35. The molecule has 2 aromatic carbocycles. The minimum absolute atomic E-state index is 0.113. The molecule has 0 bridgehead atoms. The smallest absolute Gasteiger partial charge is 0.255 e. The van der Waals surface area contributed by atoms with Gasteiger partial charge in [0.1, 0.15) is 12.4 Å². The van der Waals surface area contributed by atoms with Crippen LogP contribution in [0.2, 0.25) is 0 Å². The molecule has 0 aliphatic carbocycles. The molecule has 6 nitrogen and oxygen atoms in total. The quantitative estimate of drug-likeness (QED) is 0.731. The van der Waals surface area contributed by atoms with Crippen molar-refractivity contribution in [2.24, 2.45) is 0 Å². The van der Waals surface area contributed by atoms with Gasteiger partial charge in [-0.1, -0.05) is 6.92 Å². The standard InChI is InChI=1S/C25H33N3O3/c1-3-27-12-14-28(15-13-27)21-8-11-24(19(2)17-21)26-25(29)20-6-9-22(10-7-20)31-18-23-5-4-16-30-23/h6-11,17,23H,3-5,12-16,18H2,1-2H3,(H,26,29)/t23-/m0/s1. The number of carbonyl (C=O) groups excluding carboxylic acids is 1. The molecule has 2 heterocycles. The third-order valence-corrected chi connectivity index (χ3v) is 6.22. The van der Waals surface area contributed by atoms with Crippen LogP contribution in [0.1, 0.15) is 35.7 Å². The number of nitrogens with zero attached hydrogens (tertiary/aromatic N) is 2. The summed E-state index contributed by atoms with van der Waals surface area (Å²) in [5.74, 6) is 0.647. The van der Waals surface area contributed by atoms with Crippen LogP contribution in [0.4, 0.5) is 11.4 Å². The minimum atomic E-state index is -0.113. The highest BCUT2D eigenvalue weighted by Crippen LogP contribution is 2.25. The van der Waals surface area contributed by atoms with Crippen LogP contribution in [-0.4, -0.2) is 62.8 Å². The Balaban J connectivity index is 1.32. The number of hydrogen-bond acceptors (Lipinski definition) is 5. The summed E-state index contributed by atoms with van der Waals surface area (Å²) in [5, 5.41) is 3.04. The maximum absolute atomic E-state index is 12.7. The topological polar surface area (TPSA) is 54.0 Å². The summed E-state index contributed by atoms with van der Waals surface area (Å²) in [7, 11) is 0. The zero-order valence-corrected chi connectivity index (χ0v) is 18.6. The molecule has 2 aromatic rings. The molecule has 0 radical (unpaired) electrons. The van der Waals surface area contributed by atoms with Gasteiger partial charge in [0, 0.05) is 49.7 Å². The molecule has 0 unspecified atom stereocenters. The Kier molecular flexibility index (Phi) is 7.10. The zero-order chi connectivity index (χ0) is 21.6. The SMILES string of the molecule is CCN1CCN(c2ccc(NC(=O)c3ccc(OC[C@@H]4CCCO4)cc3)c(C)c2)CC1. The Morgan fingerprint density at radius 1 is 1.13 bits per heavy atom. The average Bonchev–Trinajstić information content (AvgIpc) is 3.33. The van der Waals surface area contributed by atoms with Crippen LogP contribution in [0.25, 0.3) is 0 Å². The number of amides is 1. The van der Waals surface area contributed by atoms with Gasteiger partial charge in [-0.05, 0) is 74.3 Å². The van der Waals surface area contributed by atoms with Gasteiger partial charge in [-0.2, -0.15) is 0 Å². The number of rotatable bonds is 7. The molecule has 2 aliphatic rings. The summed E-state index contributed by atoms with van der Waals surface area (Å²) in [6.07, 6.45) is 2.33. The van der Waals surface area contributed by atoms with E-state index in [0.29, 0.717) is 12.2 Å². The molecule has 1 amide bonds. The zero-order valence-electron chi connectivity index (χ0n) is 18.6. The molecule has 2 aliphatic heterocycles. The lowest BCUT2D eigenvalue weighted by atomic mass is 10.1. The number of anilines is 2. The average molecular weight is 424 g/mol. The van der Waals surface area contributed by atoms with E-state index < -0.39 is 0 Å². The monoisotopic (exact) mass is 423 g/mol. The Morgan fingerprint density at radius 2 is 1.90 bits per heavy atom. The van der Waals surface area contributed by atoms with Gasteiger partial charge >= 0.3 is 0 Å². The van der Waals surface area contributed by atoms with Crippen molar-refractivity contribution in [2.45, 2.75) is 32.8 Å². The highest BCUT2D eigenvalue weighted by atomic mass is 16.5. The fraction of sp³-hybridized carbons (Fsp3) is 0.480. The first-order valence-corrected chi connectivity index (χ1v) is 11.4. The van der Waals surface area contributed by atoms with E-state index in [-0.39, 0.29) is 12.0 Å². The van der Waals surface area contributed by atoms with E-state index in [2.05, 4.69) is 34.2 Å². The van der Waals surface area contributed by atoms with Crippen LogP contribution < -0.4 is 15.0 Å². The predicted molar refractivity (Wildman–Crippen MR) is 124 cm³/mol. The van der Waals surface area contributed by atoms with Gasteiger partial charge in [0.2, 0.25) is 0 Å². The van der Waals surface area contributed by atoms with Crippen molar-refractivity contribution in [3.63, 3.8) is 0 Å². The van der Waals surface area contributed by atoms with E-state index in [1.54, 1.807) is 12.1 Å². The van der Waals surface area contributed by atoms with Gasteiger partial charge in [0.25, 0.3) is 5.91 Å². The van der Waals surface area contributed by atoms with Crippen LogP contribution in [0.15, 0.2) is 42.5 Å². The Hall–Kier alpha value is -2.57. The molecule has 6 heteroatoms. The third-order valence-electron chi connectivity index (χ3n) is 6.22. The molecule has 31 heavy (non-hydrogen) atoms. The number of benzene rings is 2. The van der Waals surface area contributed by atoms with Gasteiger partial charge in [-0.25, -0.2) is 0 Å². The maximum atomic E-state index is 12.7. The Morgan fingerprint density at radius 3 is 2.55 bits per heavy atom. The second-order valence-electron chi connectivity index (χ2n) is 8.35. The van der Waals surface area contributed by atoms with E-state index in [0.717, 1.165) is 69.2 Å². The molecule has 1 N–H and O–H groups in total. The second kappa shape index (κ2) is 10.2. The summed E-state index contributed by atoms with van der Waals surface area (Å²) in [6.45, 7) is 11.0. The molecule has 0 aromatic heterocycles. The highest BCUT2D eigenvalue weighted by molar-refractivity contribution is 6.04. The Bertz CT molecular complexity index is 870. The molecule has 0 spiro atoms. The molecule has 2 saturated heterocycles. The third kappa shape index (κ3) is 5.57. The van der Waals surface area contributed by atoms with E-state index in [9.17, 15) is 4.79 Å². The van der Waals surface area contributed by atoms with E-state index in [1.807, 2.05) is 25.1 Å². The van der Waals surface area contributed by atoms with Crippen molar-refractivity contribution in [1.82, 2.24) is 4.90 Å². The lowest BCUT2D eigenvalue weighted by molar-refractivity contribution is 0.0679. The lowest BCUT2D eigenvalue weighted by Gasteiger charge is -2.35. The number of ether oxygens (including phenoxy) is 2. The molecule has 0 saturated carbocycles. The summed E-state index contributed by atoms with van der Waals surface area (Å²) in [4.78, 5) is 17.6. The van der Waals surface area contributed by atoms with Crippen LogP contribution in [0.5, 0.6) is 5.75 Å². The fourth-order valence-electron chi connectivity index (χ4n) is 4.17. The molecular weight excluding hydrogens is 390 g/mol.